The summed E-state index contributed by atoms with van der Waals surface area (Å²) in [5.74, 6) is 0.653. The Hall–Kier alpha value is -2.29. The fraction of sp³-hybridized carbons (Fsp3) is 0.545. The lowest BCUT2D eigenvalue weighted by Gasteiger charge is -2.19. The maximum absolute atomic E-state index is 5.52. The molecule has 0 atom stereocenters. The Balaban J connectivity index is 2.02. The third kappa shape index (κ3) is 4.12. The number of anilines is 2. The fourth-order valence-corrected chi connectivity index (χ4v) is 1.52. The lowest BCUT2D eigenvalue weighted by atomic mass is 10.1. The van der Waals surface area contributed by atoms with Crippen LogP contribution in [0.15, 0.2) is 6.20 Å². The molecular weight excluding hydrogens is 258 g/mol. The fourth-order valence-electron chi connectivity index (χ4n) is 1.52. The zero-order chi connectivity index (χ0) is 14.8. The van der Waals surface area contributed by atoms with Crippen molar-refractivity contribution in [3.05, 3.63) is 17.7 Å². The molecule has 0 saturated carbocycles. The van der Waals surface area contributed by atoms with Gasteiger partial charge in [0.15, 0.2) is 5.82 Å². The van der Waals surface area contributed by atoms with Gasteiger partial charge < -0.3 is 16.8 Å². The number of nitrogen functional groups attached to an aromatic ring is 2. The van der Waals surface area contributed by atoms with E-state index >= 15 is 0 Å². The highest BCUT2D eigenvalue weighted by molar-refractivity contribution is 5.25. The van der Waals surface area contributed by atoms with Gasteiger partial charge in [-0.25, -0.2) is 4.68 Å². The van der Waals surface area contributed by atoms with E-state index in [2.05, 4.69) is 51.4 Å². The molecule has 0 amide bonds. The van der Waals surface area contributed by atoms with E-state index in [0.717, 1.165) is 5.69 Å². The van der Waals surface area contributed by atoms with E-state index in [9.17, 15) is 0 Å². The number of nitrogens with zero attached hydrogens (tertiary/aromatic N) is 6. The van der Waals surface area contributed by atoms with E-state index in [1.165, 1.54) is 0 Å². The van der Waals surface area contributed by atoms with Crippen molar-refractivity contribution in [1.29, 1.82) is 0 Å². The predicted octanol–water partition coefficient (Wildman–Crippen LogP) is -0.436. The summed E-state index contributed by atoms with van der Waals surface area (Å²) in [6, 6.07) is 0. The van der Waals surface area contributed by atoms with Gasteiger partial charge >= 0.3 is 0 Å². The van der Waals surface area contributed by atoms with Crippen molar-refractivity contribution in [1.82, 2.24) is 35.3 Å². The Morgan fingerprint density at radius 3 is 2.40 bits per heavy atom. The Bertz CT molecular complexity index is 564. The summed E-state index contributed by atoms with van der Waals surface area (Å²) in [4.78, 5) is 11.7. The maximum Gasteiger partial charge on any atom is 0.225 e. The van der Waals surface area contributed by atoms with Crippen LogP contribution >= 0.6 is 0 Å². The molecule has 0 aliphatic heterocycles. The molecule has 0 aliphatic rings. The molecule has 0 unspecified atom stereocenters. The van der Waals surface area contributed by atoms with Gasteiger partial charge in [-0.05, 0) is 20.8 Å². The average Bonchev–Trinajstić information content (AvgIpc) is 2.72. The van der Waals surface area contributed by atoms with Gasteiger partial charge in [0.05, 0.1) is 11.9 Å². The number of nitrogens with one attached hydrogen (secondary N) is 1. The quantitative estimate of drug-likeness (QED) is 0.685. The van der Waals surface area contributed by atoms with E-state index in [1.807, 2.05) is 6.20 Å². The molecule has 0 radical (unpaired) electrons. The number of nitrogens with two attached hydrogens (primary N) is 2. The van der Waals surface area contributed by atoms with Crippen LogP contribution in [0.1, 0.15) is 32.3 Å². The minimum atomic E-state index is 0.0287. The number of aromatic nitrogens is 6. The van der Waals surface area contributed by atoms with Gasteiger partial charge in [-0.15, -0.1) is 5.10 Å². The molecule has 0 fully saturated rings. The topological polar surface area (TPSA) is 133 Å². The summed E-state index contributed by atoms with van der Waals surface area (Å²) in [7, 11) is 0. The largest absolute Gasteiger partial charge is 0.368 e. The molecule has 5 N–H and O–H groups in total. The number of hydrogen-bond donors (Lipinski definition) is 3. The monoisotopic (exact) mass is 277 g/mol. The second kappa shape index (κ2) is 5.37. The second-order valence-electron chi connectivity index (χ2n) is 5.48. The van der Waals surface area contributed by atoms with Crippen molar-refractivity contribution in [2.24, 2.45) is 0 Å². The zero-order valence-corrected chi connectivity index (χ0v) is 11.8. The molecule has 2 aromatic heterocycles. The second-order valence-corrected chi connectivity index (χ2v) is 5.48. The summed E-state index contributed by atoms with van der Waals surface area (Å²) >= 11 is 0. The Morgan fingerprint density at radius 1 is 1.15 bits per heavy atom. The van der Waals surface area contributed by atoms with E-state index in [0.29, 0.717) is 18.9 Å². The molecule has 9 heteroatoms. The van der Waals surface area contributed by atoms with E-state index < -0.39 is 0 Å². The molecule has 0 aromatic carbocycles. The highest BCUT2D eigenvalue weighted by atomic mass is 15.4. The lowest BCUT2D eigenvalue weighted by molar-refractivity contribution is 0.421. The molecule has 20 heavy (non-hydrogen) atoms. The molecule has 0 aliphatic carbocycles. The molecule has 108 valence electrons. The highest BCUT2D eigenvalue weighted by Gasteiger charge is 2.10. The normalized spacial score (nSPS) is 11.8. The molecule has 2 aromatic rings. The van der Waals surface area contributed by atoms with Gasteiger partial charge in [0.1, 0.15) is 6.54 Å². The van der Waals surface area contributed by atoms with Crippen LogP contribution in [0, 0.1) is 0 Å². The van der Waals surface area contributed by atoms with Gasteiger partial charge in [-0.1, -0.05) is 5.21 Å². The summed E-state index contributed by atoms with van der Waals surface area (Å²) in [5.41, 5.74) is 11.9. The Morgan fingerprint density at radius 2 is 1.80 bits per heavy atom. The Kier molecular flexibility index (Phi) is 3.79. The molecule has 0 bridgehead atoms. The zero-order valence-electron chi connectivity index (χ0n) is 11.8. The minimum Gasteiger partial charge on any atom is -0.368 e. The van der Waals surface area contributed by atoms with Crippen LogP contribution in [0.3, 0.4) is 0 Å². The van der Waals surface area contributed by atoms with Crippen LogP contribution in [0.2, 0.25) is 0 Å². The van der Waals surface area contributed by atoms with Crippen LogP contribution in [0.25, 0.3) is 0 Å². The first-order valence-corrected chi connectivity index (χ1v) is 6.22. The predicted molar refractivity (Wildman–Crippen MR) is 74.4 cm³/mol. The smallest absolute Gasteiger partial charge is 0.225 e. The molecule has 2 rings (SSSR count). The molecule has 2 heterocycles. The molecule has 0 spiro atoms. The lowest BCUT2D eigenvalue weighted by Crippen LogP contribution is -2.35. The first-order valence-electron chi connectivity index (χ1n) is 6.22. The van der Waals surface area contributed by atoms with Crippen LogP contribution in [-0.4, -0.2) is 35.5 Å². The minimum absolute atomic E-state index is 0.0287. The first-order chi connectivity index (χ1) is 9.32. The van der Waals surface area contributed by atoms with Crippen LogP contribution in [0.4, 0.5) is 11.9 Å². The van der Waals surface area contributed by atoms with Gasteiger partial charge in [-0.3, -0.25) is 0 Å². The third-order valence-corrected chi connectivity index (χ3v) is 2.41. The standard InChI is InChI=1S/C11H19N9/c1-11(2,3)14-4-7-5-20(19-18-7)6-8-15-9(12)17-10(13)16-8/h5,14H,4,6H2,1-3H3,(H4,12,13,15,16,17). The van der Waals surface area contributed by atoms with Gasteiger partial charge in [-0.2, -0.15) is 15.0 Å². The maximum atomic E-state index is 5.52. The highest BCUT2D eigenvalue weighted by Crippen LogP contribution is 2.04. The molecular formula is C11H19N9. The summed E-state index contributed by atoms with van der Waals surface area (Å²) in [5, 5.41) is 11.4. The van der Waals surface area contributed by atoms with Crippen molar-refractivity contribution in [2.75, 3.05) is 11.5 Å². The van der Waals surface area contributed by atoms with Crippen LogP contribution in [-0.2, 0) is 13.1 Å². The van der Waals surface area contributed by atoms with E-state index in [1.54, 1.807) is 4.68 Å². The first kappa shape index (κ1) is 14.1. The third-order valence-electron chi connectivity index (χ3n) is 2.41. The summed E-state index contributed by atoms with van der Waals surface area (Å²) < 4.78 is 1.63. The SMILES string of the molecule is CC(C)(C)NCc1cn(Cc2nc(N)nc(N)n2)nn1. The molecule has 0 saturated heterocycles. The average molecular weight is 277 g/mol. The van der Waals surface area contributed by atoms with Crippen molar-refractivity contribution >= 4 is 11.9 Å². The molecule has 9 nitrogen and oxygen atoms in total. The van der Waals surface area contributed by atoms with Crippen molar-refractivity contribution < 1.29 is 0 Å². The van der Waals surface area contributed by atoms with Gasteiger partial charge in [0.25, 0.3) is 0 Å². The Labute approximate surface area is 116 Å². The number of hydrogen-bond acceptors (Lipinski definition) is 8. The van der Waals surface area contributed by atoms with Crippen molar-refractivity contribution in [3.8, 4) is 0 Å². The summed E-state index contributed by atoms with van der Waals surface area (Å²) in [6.07, 6.45) is 1.83. The van der Waals surface area contributed by atoms with Gasteiger partial charge in [0, 0.05) is 12.1 Å². The van der Waals surface area contributed by atoms with Crippen LogP contribution in [0.5, 0.6) is 0 Å². The number of rotatable bonds is 4. The van der Waals surface area contributed by atoms with Crippen molar-refractivity contribution in [3.63, 3.8) is 0 Å². The van der Waals surface area contributed by atoms with E-state index in [-0.39, 0.29) is 17.4 Å². The van der Waals surface area contributed by atoms with Crippen molar-refractivity contribution in [2.45, 2.75) is 39.4 Å². The summed E-state index contributed by atoms with van der Waals surface area (Å²) in [6.45, 7) is 7.26. The van der Waals surface area contributed by atoms with E-state index in [4.69, 9.17) is 11.5 Å². The van der Waals surface area contributed by atoms with Gasteiger partial charge in [0.2, 0.25) is 11.9 Å². The van der Waals surface area contributed by atoms with Crippen LogP contribution < -0.4 is 16.8 Å².